The first-order valence-electron chi connectivity index (χ1n) is 7.45. The van der Waals surface area contributed by atoms with Gasteiger partial charge in [-0.15, -0.1) is 0 Å². The van der Waals surface area contributed by atoms with E-state index in [-0.39, 0.29) is 6.42 Å². The number of aliphatic carboxylic acids is 1. The first kappa shape index (κ1) is 17.8. The zero-order chi connectivity index (χ0) is 17.5. The van der Waals surface area contributed by atoms with Gasteiger partial charge in [0.05, 0.1) is 0 Å². The molecule has 0 aliphatic heterocycles. The van der Waals surface area contributed by atoms with E-state index in [0.29, 0.717) is 16.3 Å². The minimum atomic E-state index is -1.13. The van der Waals surface area contributed by atoms with Gasteiger partial charge < -0.3 is 15.2 Å². The van der Waals surface area contributed by atoms with Crippen molar-refractivity contribution in [3.8, 4) is 5.75 Å². The van der Waals surface area contributed by atoms with Crippen molar-refractivity contribution in [3.63, 3.8) is 0 Å². The fraction of sp³-hybridized carbons (Fsp3) is 0.222. The molecule has 2 aromatic carbocycles. The van der Waals surface area contributed by atoms with Crippen LogP contribution in [-0.4, -0.2) is 29.1 Å². The number of hydrogen-bond donors (Lipinski definition) is 2. The molecular weight excluding hydrogens is 330 g/mol. The third-order valence-electron chi connectivity index (χ3n) is 3.42. The molecule has 0 aliphatic rings. The summed E-state index contributed by atoms with van der Waals surface area (Å²) in [5, 5.41) is 12.3. The van der Waals surface area contributed by atoms with E-state index in [1.807, 2.05) is 6.07 Å². The van der Waals surface area contributed by atoms with Crippen molar-refractivity contribution in [3.05, 3.63) is 65.2 Å². The Hall–Kier alpha value is -2.53. The van der Waals surface area contributed by atoms with Gasteiger partial charge in [0, 0.05) is 11.4 Å². The molecule has 1 amide bonds. The summed E-state index contributed by atoms with van der Waals surface area (Å²) in [6, 6.07) is 14.7. The number of rotatable bonds is 7. The van der Waals surface area contributed by atoms with Crippen LogP contribution in [0.5, 0.6) is 5.75 Å². The SMILES string of the molecule is CC(Oc1ccccc1)C(=O)NC(Cc1ccccc1Cl)C(=O)O. The molecule has 126 valence electrons. The van der Waals surface area contributed by atoms with Crippen molar-refractivity contribution in [1.82, 2.24) is 5.32 Å². The molecule has 2 unspecified atom stereocenters. The summed E-state index contributed by atoms with van der Waals surface area (Å²) in [5.41, 5.74) is 0.656. The van der Waals surface area contributed by atoms with Gasteiger partial charge in [0.25, 0.3) is 5.91 Å². The maximum atomic E-state index is 12.2. The fourth-order valence-electron chi connectivity index (χ4n) is 2.13. The molecule has 24 heavy (non-hydrogen) atoms. The summed E-state index contributed by atoms with van der Waals surface area (Å²) in [6.07, 6.45) is -0.723. The fourth-order valence-corrected chi connectivity index (χ4v) is 2.34. The number of carboxylic acid groups (broad SMARTS) is 1. The number of ether oxygens (including phenoxy) is 1. The summed E-state index contributed by atoms with van der Waals surface area (Å²) in [4.78, 5) is 23.6. The Bertz CT molecular complexity index is 705. The Labute approximate surface area is 145 Å². The Morgan fingerprint density at radius 1 is 1.12 bits per heavy atom. The second-order valence-corrected chi connectivity index (χ2v) is 5.68. The molecule has 0 spiro atoms. The molecule has 0 heterocycles. The topological polar surface area (TPSA) is 75.6 Å². The third kappa shape index (κ3) is 4.99. The monoisotopic (exact) mass is 347 g/mol. The second kappa shape index (κ2) is 8.36. The molecule has 0 aliphatic carbocycles. The normalized spacial score (nSPS) is 12.9. The molecular formula is C18H18ClNO4. The molecule has 0 bridgehead atoms. The van der Waals surface area contributed by atoms with Crippen LogP contribution in [0.25, 0.3) is 0 Å². The van der Waals surface area contributed by atoms with Crippen LogP contribution in [0, 0.1) is 0 Å². The third-order valence-corrected chi connectivity index (χ3v) is 3.79. The van der Waals surface area contributed by atoms with E-state index < -0.39 is 24.0 Å². The van der Waals surface area contributed by atoms with Crippen LogP contribution in [0.3, 0.4) is 0 Å². The molecule has 2 aromatic rings. The predicted octanol–water partition coefficient (Wildman–Crippen LogP) is 2.92. The number of nitrogens with one attached hydrogen (secondary N) is 1. The molecule has 0 aromatic heterocycles. The van der Waals surface area contributed by atoms with Gasteiger partial charge in [0.1, 0.15) is 11.8 Å². The number of carboxylic acids is 1. The quantitative estimate of drug-likeness (QED) is 0.807. The number of benzene rings is 2. The molecule has 0 saturated heterocycles. The van der Waals surface area contributed by atoms with E-state index in [9.17, 15) is 14.7 Å². The maximum Gasteiger partial charge on any atom is 0.326 e. The maximum absolute atomic E-state index is 12.2. The van der Waals surface area contributed by atoms with Crippen molar-refractivity contribution in [1.29, 1.82) is 0 Å². The number of carbonyl (C=O) groups excluding carboxylic acids is 1. The highest BCUT2D eigenvalue weighted by Crippen LogP contribution is 2.17. The van der Waals surface area contributed by atoms with Gasteiger partial charge in [-0.2, -0.15) is 0 Å². The lowest BCUT2D eigenvalue weighted by Crippen LogP contribution is -2.47. The van der Waals surface area contributed by atoms with Crippen LogP contribution in [0.2, 0.25) is 5.02 Å². The average molecular weight is 348 g/mol. The molecule has 0 saturated carbocycles. The minimum Gasteiger partial charge on any atom is -0.481 e. The van der Waals surface area contributed by atoms with Crippen molar-refractivity contribution >= 4 is 23.5 Å². The van der Waals surface area contributed by atoms with Gasteiger partial charge in [0.15, 0.2) is 6.10 Å². The Morgan fingerprint density at radius 3 is 2.38 bits per heavy atom. The van der Waals surface area contributed by atoms with Gasteiger partial charge in [-0.25, -0.2) is 4.79 Å². The van der Waals surface area contributed by atoms with Crippen molar-refractivity contribution in [2.45, 2.75) is 25.5 Å². The van der Waals surface area contributed by atoms with Crippen LogP contribution >= 0.6 is 11.6 Å². The Balaban J connectivity index is 2.00. The van der Waals surface area contributed by atoms with Gasteiger partial charge in [-0.3, -0.25) is 4.79 Å². The summed E-state index contributed by atoms with van der Waals surface area (Å²) in [5.74, 6) is -1.09. The summed E-state index contributed by atoms with van der Waals surface area (Å²) >= 11 is 6.05. The molecule has 0 radical (unpaired) electrons. The summed E-state index contributed by atoms with van der Waals surface area (Å²) in [6.45, 7) is 1.57. The summed E-state index contributed by atoms with van der Waals surface area (Å²) < 4.78 is 5.50. The van der Waals surface area contributed by atoms with Gasteiger partial charge >= 0.3 is 5.97 Å². The van der Waals surface area contributed by atoms with E-state index in [0.717, 1.165) is 0 Å². The number of hydrogen-bond acceptors (Lipinski definition) is 3. The average Bonchev–Trinajstić information content (AvgIpc) is 2.56. The number of para-hydroxylation sites is 1. The van der Waals surface area contributed by atoms with Crippen LogP contribution < -0.4 is 10.1 Å². The molecule has 2 N–H and O–H groups in total. The number of halogens is 1. The van der Waals surface area contributed by atoms with Crippen molar-refractivity contribution in [2.24, 2.45) is 0 Å². The van der Waals surface area contributed by atoms with Crippen LogP contribution in [0.4, 0.5) is 0 Å². The van der Waals surface area contributed by atoms with Crippen LogP contribution in [0.15, 0.2) is 54.6 Å². The lowest BCUT2D eigenvalue weighted by atomic mass is 10.1. The predicted molar refractivity (Wildman–Crippen MR) is 91.3 cm³/mol. The first-order chi connectivity index (χ1) is 11.5. The standard InChI is InChI=1S/C18H18ClNO4/c1-12(24-14-8-3-2-4-9-14)17(21)20-16(18(22)23)11-13-7-5-6-10-15(13)19/h2-10,12,16H,11H2,1H3,(H,20,21)(H,22,23). The van der Waals surface area contributed by atoms with E-state index in [1.165, 1.54) is 0 Å². The zero-order valence-electron chi connectivity index (χ0n) is 13.1. The lowest BCUT2D eigenvalue weighted by Gasteiger charge is -2.19. The van der Waals surface area contributed by atoms with E-state index in [2.05, 4.69) is 5.32 Å². The van der Waals surface area contributed by atoms with E-state index in [1.54, 1.807) is 55.5 Å². The van der Waals surface area contributed by atoms with Crippen LogP contribution in [-0.2, 0) is 16.0 Å². The van der Waals surface area contributed by atoms with Gasteiger partial charge in [-0.1, -0.05) is 48.0 Å². The Kier molecular flexibility index (Phi) is 6.21. The van der Waals surface area contributed by atoms with Crippen molar-refractivity contribution < 1.29 is 19.4 Å². The lowest BCUT2D eigenvalue weighted by molar-refractivity contribution is -0.142. The first-order valence-corrected chi connectivity index (χ1v) is 7.83. The number of carbonyl (C=O) groups is 2. The molecule has 5 nitrogen and oxygen atoms in total. The zero-order valence-corrected chi connectivity index (χ0v) is 13.9. The number of amides is 1. The second-order valence-electron chi connectivity index (χ2n) is 5.27. The summed E-state index contributed by atoms with van der Waals surface area (Å²) in [7, 11) is 0. The van der Waals surface area contributed by atoms with Gasteiger partial charge in [0.2, 0.25) is 0 Å². The largest absolute Gasteiger partial charge is 0.481 e. The van der Waals surface area contributed by atoms with Crippen molar-refractivity contribution in [2.75, 3.05) is 0 Å². The highest BCUT2D eigenvalue weighted by atomic mass is 35.5. The molecule has 2 rings (SSSR count). The molecule has 0 fully saturated rings. The minimum absolute atomic E-state index is 0.0960. The molecule has 2 atom stereocenters. The van der Waals surface area contributed by atoms with Crippen LogP contribution in [0.1, 0.15) is 12.5 Å². The smallest absolute Gasteiger partial charge is 0.326 e. The highest BCUT2D eigenvalue weighted by Gasteiger charge is 2.24. The van der Waals surface area contributed by atoms with Gasteiger partial charge in [-0.05, 0) is 30.7 Å². The molecule has 6 heteroatoms. The van der Waals surface area contributed by atoms with E-state index in [4.69, 9.17) is 16.3 Å². The van der Waals surface area contributed by atoms with E-state index >= 15 is 0 Å². The Morgan fingerprint density at radius 2 is 1.75 bits per heavy atom. The highest BCUT2D eigenvalue weighted by molar-refractivity contribution is 6.31.